The average molecular weight is 416 g/mol. The minimum atomic E-state index is 0.0319. The van der Waals surface area contributed by atoms with Gasteiger partial charge >= 0.3 is 0 Å². The molecule has 4 nitrogen and oxygen atoms in total. The van der Waals surface area contributed by atoms with E-state index in [9.17, 15) is 4.79 Å². The molecular weight excluding hydrogens is 382 g/mol. The lowest BCUT2D eigenvalue weighted by Crippen LogP contribution is -2.53. The third kappa shape index (κ3) is 2.57. The van der Waals surface area contributed by atoms with Gasteiger partial charge < -0.3 is 9.88 Å². The Labute approximate surface area is 184 Å². The third-order valence-electron chi connectivity index (χ3n) is 9.61. The van der Waals surface area contributed by atoms with Crippen molar-refractivity contribution in [3.05, 3.63) is 48.3 Å². The summed E-state index contributed by atoms with van der Waals surface area (Å²) in [5.74, 6) is 1.44. The van der Waals surface area contributed by atoms with Crippen molar-refractivity contribution in [2.45, 2.75) is 58.4 Å². The van der Waals surface area contributed by atoms with Gasteiger partial charge in [-0.3, -0.25) is 4.79 Å². The van der Waals surface area contributed by atoms with Crippen molar-refractivity contribution in [3.63, 3.8) is 0 Å². The quantitative estimate of drug-likeness (QED) is 0.732. The fraction of sp³-hybridized carbons (Fsp3) is 0.556. The Kier molecular flexibility index (Phi) is 4.18. The Morgan fingerprint density at radius 2 is 1.90 bits per heavy atom. The van der Waals surface area contributed by atoms with Crippen LogP contribution in [-0.2, 0) is 4.79 Å². The summed E-state index contributed by atoms with van der Waals surface area (Å²) in [4.78, 5) is 18.2. The highest BCUT2D eigenvalue weighted by molar-refractivity contribution is 5.95. The molecule has 6 atom stereocenters. The number of imidazole rings is 1. The molecule has 0 bridgehead atoms. The molecule has 162 valence electrons. The summed E-state index contributed by atoms with van der Waals surface area (Å²) in [5, 5.41) is 3.45. The normalized spacial score (nSPS) is 39.5. The fourth-order valence-electron chi connectivity index (χ4n) is 7.73. The Hall–Kier alpha value is -2.20. The minimum Gasteiger partial charge on any atom is -0.317 e. The van der Waals surface area contributed by atoms with E-state index in [0.29, 0.717) is 23.7 Å². The second-order valence-corrected chi connectivity index (χ2v) is 10.8. The van der Waals surface area contributed by atoms with Crippen LogP contribution in [0.1, 0.15) is 52.4 Å². The SMILES string of the molecule is CN[C@H]1CC[C@@]2(C)C(=CC(=O)C3C2CC[C@]2(C)C(n4cnc5ccccc54)=CCC32)C1. The van der Waals surface area contributed by atoms with Crippen LogP contribution in [0.5, 0.6) is 0 Å². The second-order valence-electron chi connectivity index (χ2n) is 10.8. The van der Waals surface area contributed by atoms with Gasteiger partial charge in [-0.2, -0.15) is 0 Å². The Bertz CT molecular complexity index is 1130. The fourth-order valence-corrected chi connectivity index (χ4v) is 7.73. The number of para-hydroxylation sites is 2. The highest BCUT2D eigenvalue weighted by atomic mass is 16.1. The maximum atomic E-state index is 13.6. The number of rotatable bonds is 2. The van der Waals surface area contributed by atoms with E-state index in [-0.39, 0.29) is 16.7 Å². The van der Waals surface area contributed by atoms with Crippen LogP contribution in [0.15, 0.2) is 48.3 Å². The number of hydrogen-bond acceptors (Lipinski definition) is 3. The molecular formula is C27H33N3O. The van der Waals surface area contributed by atoms with Crippen molar-refractivity contribution in [1.82, 2.24) is 14.9 Å². The number of nitrogens with zero attached hydrogens (tertiary/aromatic N) is 2. The summed E-state index contributed by atoms with van der Waals surface area (Å²) in [5.41, 5.74) is 5.21. The zero-order chi connectivity index (χ0) is 21.4. The molecule has 4 aliphatic rings. The van der Waals surface area contributed by atoms with E-state index >= 15 is 0 Å². The van der Waals surface area contributed by atoms with Gasteiger partial charge in [-0.15, -0.1) is 0 Å². The Morgan fingerprint density at radius 1 is 1.10 bits per heavy atom. The molecule has 2 aromatic rings. The van der Waals surface area contributed by atoms with Gasteiger partial charge in [0.1, 0.15) is 6.33 Å². The summed E-state index contributed by atoms with van der Waals surface area (Å²) in [6.07, 6.45) is 13.2. The lowest BCUT2D eigenvalue weighted by Gasteiger charge is -2.57. The molecule has 0 spiro atoms. The Balaban J connectivity index is 1.38. The van der Waals surface area contributed by atoms with Crippen LogP contribution in [-0.4, -0.2) is 28.4 Å². The first-order valence-corrected chi connectivity index (χ1v) is 12.0. The molecule has 1 aromatic heterocycles. The van der Waals surface area contributed by atoms with Crippen molar-refractivity contribution in [2.24, 2.45) is 28.6 Å². The van der Waals surface area contributed by atoms with E-state index in [1.54, 1.807) is 0 Å². The molecule has 0 amide bonds. The first-order valence-electron chi connectivity index (χ1n) is 12.0. The van der Waals surface area contributed by atoms with E-state index in [1.165, 1.54) is 29.6 Å². The van der Waals surface area contributed by atoms with Gasteiger partial charge in [-0.1, -0.05) is 37.6 Å². The summed E-state index contributed by atoms with van der Waals surface area (Å²) in [7, 11) is 2.05. The first kappa shape index (κ1) is 19.5. The highest BCUT2D eigenvalue weighted by Gasteiger charge is 2.59. The molecule has 0 aliphatic heterocycles. The predicted molar refractivity (Wildman–Crippen MR) is 124 cm³/mol. The number of aromatic nitrogens is 2. The van der Waals surface area contributed by atoms with E-state index < -0.39 is 0 Å². The number of fused-ring (bicyclic) bond motifs is 6. The topological polar surface area (TPSA) is 46.9 Å². The van der Waals surface area contributed by atoms with Gasteiger partial charge in [0.15, 0.2) is 5.78 Å². The maximum Gasteiger partial charge on any atom is 0.159 e. The van der Waals surface area contributed by atoms with E-state index in [0.717, 1.165) is 31.2 Å². The molecule has 1 N–H and O–H groups in total. The van der Waals surface area contributed by atoms with Crippen LogP contribution in [0.3, 0.4) is 0 Å². The molecule has 2 fully saturated rings. The molecule has 1 heterocycles. The summed E-state index contributed by atoms with van der Waals surface area (Å²) in [6, 6.07) is 8.90. The molecule has 31 heavy (non-hydrogen) atoms. The highest BCUT2D eigenvalue weighted by Crippen LogP contribution is 2.65. The molecule has 4 heteroatoms. The molecule has 3 unspecified atom stereocenters. The minimum absolute atomic E-state index is 0.0319. The predicted octanol–water partition coefficient (Wildman–Crippen LogP) is 5.22. The molecule has 6 rings (SSSR count). The van der Waals surface area contributed by atoms with Crippen molar-refractivity contribution < 1.29 is 4.79 Å². The van der Waals surface area contributed by atoms with Crippen LogP contribution in [0.25, 0.3) is 16.7 Å². The van der Waals surface area contributed by atoms with Crippen LogP contribution < -0.4 is 5.32 Å². The van der Waals surface area contributed by atoms with Crippen LogP contribution in [0.2, 0.25) is 0 Å². The van der Waals surface area contributed by atoms with Crippen LogP contribution in [0, 0.1) is 28.6 Å². The van der Waals surface area contributed by atoms with Crippen molar-refractivity contribution >= 4 is 22.5 Å². The smallest absolute Gasteiger partial charge is 0.159 e. The Morgan fingerprint density at radius 3 is 2.74 bits per heavy atom. The number of benzene rings is 1. The lowest BCUT2D eigenvalue weighted by atomic mass is 9.47. The van der Waals surface area contributed by atoms with Gasteiger partial charge in [0.2, 0.25) is 0 Å². The second kappa shape index (κ2) is 6.65. The molecule has 0 radical (unpaired) electrons. The molecule has 0 saturated heterocycles. The third-order valence-corrected chi connectivity index (χ3v) is 9.61. The number of ketones is 1. The number of hydrogen-bond donors (Lipinski definition) is 1. The maximum absolute atomic E-state index is 13.6. The number of carbonyl (C=O) groups excluding carboxylic acids is 1. The number of carbonyl (C=O) groups is 1. The average Bonchev–Trinajstić information content (AvgIpc) is 3.34. The largest absolute Gasteiger partial charge is 0.317 e. The van der Waals surface area contributed by atoms with Crippen molar-refractivity contribution in [3.8, 4) is 0 Å². The molecule has 1 aromatic carbocycles. The zero-order valence-corrected chi connectivity index (χ0v) is 18.9. The van der Waals surface area contributed by atoms with E-state index in [2.05, 4.69) is 66.1 Å². The lowest BCUT2D eigenvalue weighted by molar-refractivity contribution is -0.131. The van der Waals surface area contributed by atoms with E-state index in [1.807, 2.05) is 12.4 Å². The monoisotopic (exact) mass is 415 g/mol. The van der Waals surface area contributed by atoms with Gasteiger partial charge in [-0.25, -0.2) is 4.98 Å². The first-order chi connectivity index (χ1) is 15.0. The van der Waals surface area contributed by atoms with Gasteiger partial charge in [-0.05, 0) is 81.0 Å². The molecule has 4 aliphatic carbocycles. The van der Waals surface area contributed by atoms with Crippen molar-refractivity contribution in [2.75, 3.05) is 7.05 Å². The number of nitrogens with one attached hydrogen (secondary N) is 1. The summed E-state index contributed by atoms with van der Waals surface area (Å²) >= 11 is 0. The molecule has 2 saturated carbocycles. The standard InChI is InChI=1S/C27H33N3O/c1-26-12-10-18(28-3)14-17(26)15-23(31)25-19-8-9-24(27(19,2)13-11-20(25)26)30-16-29-21-6-4-5-7-22(21)30/h4-7,9,15-16,18-20,25,28H,8,10-14H2,1-3H3/t18-,19?,20?,25?,26-,27-/m0/s1. The van der Waals surface area contributed by atoms with Gasteiger partial charge in [0, 0.05) is 23.1 Å². The summed E-state index contributed by atoms with van der Waals surface area (Å²) in [6.45, 7) is 4.87. The van der Waals surface area contributed by atoms with Gasteiger partial charge in [0.05, 0.1) is 11.0 Å². The van der Waals surface area contributed by atoms with Crippen LogP contribution in [0.4, 0.5) is 0 Å². The van der Waals surface area contributed by atoms with Crippen LogP contribution >= 0.6 is 0 Å². The van der Waals surface area contributed by atoms with Crippen molar-refractivity contribution in [1.29, 1.82) is 0 Å². The van der Waals surface area contributed by atoms with Gasteiger partial charge in [0.25, 0.3) is 0 Å². The zero-order valence-electron chi connectivity index (χ0n) is 18.9. The van der Waals surface area contributed by atoms with E-state index in [4.69, 9.17) is 0 Å². The summed E-state index contributed by atoms with van der Waals surface area (Å²) < 4.78 is 2.30. The number of allylic oxidation sites excluding steroid dienone is 3.